The predicted molar refractivity (Wildman–Crippen MR) is 106 cm³/mol. The van der Waals surface area contributed by atoms with Gasteiger partial charge in [-0.25, -0.2) is 0 Å². The number of hydrogen-bond donors (Lipinski definition) is 2. The van der Waals surface area contributed by atoms with Gasteiger partial charge in [-0.05, 0) is 68.2 Å². The Labute approximate surface area is 170 Å². The number of carbonyl (C=O) groups is 2. The average molecular weight is 421 g/mol. The molecule has 0 spiro atoms. The van der Waals surface area contributed by atoms with Crippen LogP contribution in [0.1, 0.15) is 22.5 Å². The molecule has 0 radical (unpaired) electrons. The van der Waals surface area contributed by atoms with E-state index in [0.717, 1.165) is 32.5 Å². The van der Waals surface area contributed by atoms with Crippen LogP contribution in [-0.2, 0) is 4.79 Å². The van der Waals surface area contributed by atoms with Gasteiger partial charge in [0.25, 0.3) is 11.8 Å². The summed E-state index contributed by atoms with van der Waals surface area (Å²) in [4.78, 5) is 26.6. The Kier molecular flexibility index (Phi) is 5.77. The number of nitrogens with zero attached hydrogens (tertiary/aromatic N) is 1. The lowest BCUT2D eigenvalue weighted by molar-refractivity contribution is -0.126. The molecule has 0 aliphatic carbocycles. The van der Waals surface area contributed by atoms with Crippen LogP contribution in [0.3, 0.4) is 0 Å². The van der Waals surface area contributed by atoms with Gasteiger partial charge in [0.2, 0.25) is 0 Å². The van der Waals surface area contributed by atoms with Gasteiger partial charge in [-0.15, -0.1) is 0 Å². The number of ether oxygens (including phenoxy) is 1. The number of amides is 2. The van der Waals surface area contributed by atoms with Gasteiger partial charge in [-0.2, -0.15) is 8.78 Å². The van der Waals surface area contributed by atoms with Crippen molar-refractivity contribution in [1.29, 1.82) is 0 Å². The second kappa shape index (κ2) is 8.46. The molecule has 29 heavy (non-hydrogen) atoms. The van der Waals surface area contributed by atoms with Crippen LogP contribution < -0.4 is 15.4 Å². The topological polar surface area (TPSA) is 70.7 Å². The maximum Gasteiger partial charge on any atom is 0.315 e. The number of rotatable bonds is 6. The summed E-state index contributed by atoms with van der Waals surface area (Å²) in [5.41, 5.74) is 0.256. The van der Waals surface area contributed by atoms with E-state index in [9.17, 15) is 18.4 Å². The number of benzene rings is 1. The molecule has 3 aliphatic heterocycles. The van der Waals surface area contributed by atoms with Gasteiger partial charge in [0.15, 0.2) is 5.06 Å². The van der Waals surface area contributed by atoms with Crippen LogP contribution in [0.15, 0.2) is 36.4 Å². The van der Waals surface area contributed by atoms with E-state index in [4.69, 9.17) is 4.74 Å². The third-order valence-corrected chi connectivity index (χ3v) is 6.28. The van der Waals surface area contributed by atoms with Crippen molar-refractivity contribution in [2.24, 2.45) is 5.92 Å². The van der Waals surface area contributed by atoms with Gasteiger partial charge >= 0.3 is 6.43 Å². The van der Waals surface area contributed by atoms with Crippen LogP contribution in [0.4, 0.5) is 14.5 Å². The van der Waals surface area contributed by atoms with Crippen molar-refractivity contribution < 1.29 is 23.1 Å². The zero-order chi connectivity index (χ0) is 20.4. The van der Waals surface area contributed by atoms with Gasteiger partial charge in [-0.3, -0.25) is 9.59 Å². The molecule has 1 atom stereocenters. The van der Waals surface area contributed by atoms with Gasteiger partial charge in [0.05, 0.1) is 4.88 Å². The van der Waals surface area contributed by atoms with E-state index < -0.39 is 12.3 Å². The monoisotopic (exact) mass is 421 g/mol. The van der Waals surface area contributed by atoms with Crippen molar-refractivity contribution in [3.05, 3.63) is 41.3 Å². The molecule has 2 amide bonds. The number of thiophene rings is 1. The molecule has 1 aromatic carbocycles. The van der Waals surface area contributed by atoms with Crippen LogP contribution in [0, 0.1) is 5.92 Å². The summed E-state index contributed by atoms with van der Waals surface area (Å²) in [6, 6.07) is 9.74. The molecule has 0 unspecified atom stereocenters. The number of alkyl halides is 2. The molecule has 5 rings (SSSR count). The molecular formula is C20H21F2N3O3S. The van der Waals surface area contributed by atoms with E-state index in [1.807, 2.05) is 0 Å². The minimum absolute atomic E-state index is 0.0892. The third-order valence-electron chi connectivity index (χ3n) is 5.32. The average Bonchev–Trinajstić information content (AvgIpc) is 3.19. The third kappa shape index (κ3) is 4.73. The molecule has 2 aromatic rings. The van der Waals surface area contributed by atoms with Crippen LogP contribution >= 0.6 is 11.3 Å². The molecule has 6 nitrogen and oxygen atoms in total. The molecule has 0 saturated carbocycles. The quantitative estimate of drug-likeness (QED) is 0.748. The lowest BCUT2D eigenvalue weighted by Crippen LogP contribution is -2.57. The zero-order valence-corrected chi connectivity index (χ0v) is 16.4. The van der Waals surface area contributed by atoms with E-state index in [0.29, 0.717) is 21.6 Å². The first-order chi connectivity index (χ1) is 14.0. The fourth-order valence-corrected chi connectivity index (χ4v) is 4.56. The second-order valence-electron chi connectivity index (χ2n) is 7.25. The SMILES string of the molecule is O=C(N[C@H]1CN2CCC1CC2)c1ccc(Oc2ccc(NC(=O)C(F)F)cc2)s1. The van der Waals surface area contributed by atoms with Gasteiger partial charge in [0.1, 0.15) is 5.75 Å². The molecule has 3 saturated heterocycles. The van der Waals surface area contributed by atoms with Crippen molar-refractivity contribution in [1.82, 2.24) is 10.2 Å². The van der Waals surface area contributed by atoms with E-state index >= 15 is 0 Å². The zero-order valence-electron chi connectivity index (χ0n) is 15.6. The Bertz CT molecular complexity index is 879. The van der Waals surface area contributed by atoms with Crippen LogP contribution in [0.2, 0.25) is 0 Å². The minimum atomic E-state index is -3.07. The minimum Gasteiger partial charge on any atom is -0.447 e. The maximum absolute atomic E-state index is 12.6. The lowest BCUT2D eigenvalue weighted by Gasteiger charge is -2.44. The van der Waals surface area contributed by atoms with Gasteiger partial charge in [-0.1, -0.05) is 11.3 Å². The Balaban J connectivity index is 1.33. The van der Waals surface area contributed by atoms with Crippen molar-refractivity contribution in [2.75, 3.05) is 25.0 Å². The smallest absolute Gasteiger partial charge is 0.315 e. The van der Waals surface area contributed by atoms with Gasteiger partial charge in [0, 0.05) is 18.3 Å². The fourth-order valence-electron chi connectivity index (χ4n) is 3.78. The van der Waals surface area contributed by atoms with Crippen LogP contribution in [-0.4, -0.2) is 48.8 Å². The fraction of sp³-hybridized carbons (Fsp3) is 0.400. The summed E-state index contributed by atoms with van der Waals surface area (Å²) in [7, 11) is 0. The molecule has 1 aromatic heterocycles. The number of anilines is 1. The molecule has 3 fully saturated rings. The molecule has 4 heterocycles. The van der Waals surface area contributed by atoms with Crippen molar-refractivity contribution in [2.45, 2.75) is 25.3 Å². The van der Waals surface area contributed by atoms with Crippen molar-refractivity contribution in [3.8, 4) is 10.8 Å². The number of hydrogen-bond acceptors (Lipinski definition) is 5. The summed E-state index contributed by atoms with van der Waals surface area (Å²) in [6.07, 6.45) is -0.794. The predicted octanol–water partition coefficient (Wildman–Crippen LogP) is 3.57. The Morgan fingerprint density at radius 2 is 1.83 bits per heavy atom. The van der Waals surface area contributed by atoms with Crippen molar-refractivity contribution >= 4 is 28.8 Å². The largest absolute Gasteiger partial charge is 0.447 e. The summed E-state index contributed by atoms with van der Waals surface area (Å²) in [5.74, 6) is -0.404. The first-order valence-electron chi connectivity index (χ1n) is 9.48. The highest BCUT2D eigenvalue weighted by Crippen LogP contribution is 2.31. The maximum atomic E-state index is 12.6. The highest BCUT2D eigenvalue weighted by atomic mass is 32.1. The molecule has 2 bridgehead atoms. The van der Waals surface area contributed by atoms with Crippen molar-refractivity contribution in [3.63, 3.8) is 0 Å². The highest BCUT2D eigenvalue weighted by Gasteiger charge is 2.35. The summed E-state index contributed by atoms with van der Waals surface area (Å²) in [5, 5.41) is 5.80. The Hall–Kier alpha value is -2.52. The normalized spacial score (nSPS) is 23.1. The highest BCUT2D eigenvalue weighted by molar-refractivity contribution is 7.15. The first kappa shape index (κ1) is 19.8. The molecule has 9 heteroatoms. The molecule has 2 N–H and O–H groups in total. The standard InChI is InChI=1S/C20H21F2N3O3S/c21-18(22)20(27)23-13-1-3-14(4-2-13)28-17-6-5-16(29-17)19(26)24-15-11-25-9-7-12(15)8-10-25/h1-6,12,15,18H,7-11H2,(H,23,27)(H,24,26)/t15-/m0/s1. The summed E-state index contributed by atoms with van der Waals surface area (Å²) >= 11 is 1.25. The Morgan fingerprint density at radius 3 is 2.45 bits per heavy atom. The van der Waals surface area contributed by atoms with E-state index in [1.54, 1.807) is 24.3 Å². The van der Waals surface area contributed by atoms with Crippen LogP contribution in [0.5, 0.6) is 10.8 Å². The van der Waals surface area contributed by atoms with E-state index in [2.05, 4.69) is 15.5 Å². The van der Waals surface area contributed by atoms with Crippen LogP contribution in [0.25, 0.3) is 0 Å². The number of fused-ring (bicyclic) bond motifs is 3. The lowest BCUT2D eigenvalue weighted by atomic mass is 9.84. The van der Waals surface area contributed by atoms with Gasteiger partial charge < -0.3 is 20.3 Å². The first-order valence-corrected chi connectivity index (χ1v) is 10.3. The molecule has 3 aliphatic rings. The number of nitrogens with one attached hydrogen (secondary N) is 2. The number of piperidine rings is 3. The molecule has 154 valence electrons. The summed E-state index contributed by atoms with van der Waals surface area (Å²) in [6.45, 7) is 3.16. The Morgan fingerprint density at radius 1 is 1.10 bits per heavy atom. The number of carbonyl (C=O) groups excluding carboxylic acids is 2. The van der Waals surface area contributed by atoms with E-state index in [1.165, 1.54) is 23.5 Å². The molecular weight excluding hydrogens is 400 g/mol. The second-order valence-corrected chi connectivity index (χ2v) is 8.30. The summed E-state index contributed by atoms with van der Waals surface area (Å²) < 4.78 is 30.3. The number of halogens is 2. The van der Waals surface area contributed by atoms with E-state index in [-0.39, 0.29) is 17.6 Å².